The molecular formula is C16H16BrFN2O3. The first-order valence-electron chi connectivity index (χ1n) is 6.82. The first-order chi connectivity index (χ1) is 10.8. The summed E-state index contributed by atoms with van der Waals surface area (Å²) in [6.07, 6.45) is 0. The average Bonchev–Trinajstić information content (AvgIpc) is 2.49. The van der Waals surface area contributed by atoms with Crippen LogP contribution in [0.5, 0.6) is 0 Å². The minimum Gasteiger partial charge on any atom is -0.478 e. The van der Waals surface area contributed by atoms with E-state index >= 15 is 0 Å². The number of halogens is 2. The van der Waals surface area contributed by atoms with Crippen LogP contribution >= 0.6 is 15.9 Å². The topological polar surface area (TPSA) is 71.3 Å². The second-order valence-corrected chi connectivity index (χ2v) is 5.79. The van der Waals surface area contributed by atoms with Crippen LogP contribution in [0, 0.1) is 19.7 Å². The molecule has 1 aromatic carbocycles. The number of aromatic carboxylic acids is 1. The lowest BCUT2D eigenvalue weighted by Gasteiger charge is -2.18. The van der Waals surface area contributed by atoms with E-state index in [1.165, 1.54) is 30.7 Å². The summed E-state index contributed by atoms with van der Waals surface area (Å²) in [4.78, 5) is 24.0. The van der Waals surface area contributed by atoms with Gasteiger partial charge in [0, 0.05) is 23.6 Å². The molecule has 1 aromatic heterocycles. The fourth-order valence-electron chi connectivity index (χ4n) is 2.38. The number of carboxylic acid groups (broad SMARTS) is 1. The summed E-state index contributed by atoms with van der Waals surface area (Å²) in [5.41, 5.74) is 1.11. The summed E-state index contributed by atoms with van der Waals surface area (Å²) < 4.78 is 15.3. The van der Waals surface area contributed by atoms with Crippen LogP contribution in [0.25, 0.3) is 0 Å². The first kappa shape index (κ1) is 17.2. The average molecular weight is 383 g/mol. The van der Waals surface area contributed by atoms with Gasteiger partial charge in [-0.3, -0.25) is 4.79 Å². The number of aryl methyl sites for hydroxylation is 1. The molecule has 0 spiro atoms. The van der Waals surface area contributed by atoms with E-state index in [1.54, 1.807) is 13.0 Å². The Morgan fingerprint density at radius 3 is 2.57 bits per heavy atom. The zero-order valence-electron chi connectivity index (χ0n) is 12.9. The normalized spacial score (nSPS) is 10.7. The van der Waals surface area contributed by atoms with E-state index < -0.39 is 11.8 Å². The summed E-state index contributed by atoms with van der Waals surface area (Å²) in [5.74, 6) is -1.70. The predicted molar refractivity (Wildman–Crippen MR) is 90.4 cm³/mol. The Balaban J connectivity index is 2.72. The smallest absolute Gasteiger partial charge is 0.339 e. The highest BCUT2D eigenvalue weighted by Crippen LogP contribution is 2.28. The summed E-state index contributed by atoms with van der Waals surface area (Å²) in [5, 5.41) is 12.5. The molecule has 0 fully saturated rings. The van der Waals surface area contributed by atoms with Gasteiger partial charge in [0.05, 0.1) is 11.4 Å². The fraction of sp³-hybridized carbons (Fsp3) is 0.250. The number of pyridine rings is 1. The maximum absolute atomic E-state index is 14.1. The molecule has 2 N–H and O–H groups in total. The van der Waals surface area contributed by atoms with Crippen LogP contribution in [0.2, 0.25) is 0 Å². The first-order valence-corrected chi connectivity index (χ1v) is 7.95. The van der Waals surface area contributed by atoms with Crippen molar-refractivity contribution >= 4 is 33.3 Å². The van der Waals surface area contributed by atoms with Crippen LogP contribution in [0.15, 0.2) is 23.0 Å². The highest BCUT2D eigenvalue weighted by molar-refractivity contribution is 9.08. The molecule has 0 aliphatic rings. The zero-order chi connectivity index (χ0) is 17.3. The number of aromatic nitrogens is 1. The second-order valence-electron chi connectivity index (χ2n) is 5.23. The summed E-state index contributed by atoms with van der Waals surface area (Å²) in [6.45, 7) is 3.27. The number of benzene rings is 1. The fourth-order valence-corrected chi connectivity index (χ4v) is 3.04. The van der Waals surface area contributed by atoms with Crippen molar-refractivity contribution < 1.29 is 14.3 Å². The predicted octanol–water partition coefficient (Wildman–Crippen LogP) is 3.48. The van der Waals surface area contributed by atoms with E-state index in [2.05, 4.69) is 21.2 Å². The minimum absolute atomic E-state index is 0.0542. The maximum atomic E-state index is 14.1. The SMILES string of the molecule is Cc1ccc(Nc2c(C(=O)O)c(CBr)n(C)c(=O)c2C)c(F)c1. The number of carboxylic acids is 1. The molecule has 2 rings (SSSR count). The molecule has 0 aliphatic heterocycles. The highest BCUT2D eigenvalue weighted by Gasteiger charge is 2.23. The Morgan fingerprint density at radius 1 is 1.39 bits per heavy atom. The lowest BCUT2D eigenvalue weighted by Crippen LogP contribution is -2.27. The van der Waals surface area contributed by atoms with E-state index in [1.807, 2.05) is 0 Å². The number of alkyl halides is 1. The standard InChI is InChI=1S/C16H16BrFN2O3/c1-8-4-5-11(10(18)6-8)19-14-9(2)15(21)20(3)12(7-17)13(14)16(22)23/h4-6,19H,7H2,1-3H3,(H,22,23). The number of rotatable bonds is 4. The lowest BCUT2D eigenvalue weighted by atomic mass is 10.1. The molecular weight excluding hydrogens is 367 g/mol. The molecule has 0 saturated heterocycles. The van der Waals surface area contributed by atoms with Gasteiger partial charge in [0.25, 0.3) is 5.56 Å². The third-order valence-corrected chi connectivity index (χ3v) is 4.20. The van der Waals surface area contributed by atoms with Crippen molar-refractivity contribution in [1.29, 1.82) is 0 Å². The molecule has 23 heavy (non-hydrogen) atoms. The largest absolute Gasteiger partial charge is 0.478 e. The van der Waals surface area contributed by atoms with Gasteiger partial charge in [-0.05, 0) is 31.5 Å². The zero-order valence-corrected chi connectivity index (χ0v) is 14.5. The van der Waals surface area contributed by atoms with Crippen LogP contribution in [0.4, 0.5) is 15.8 Å². The van der Waals surface area contributed by atoms with Crippen molar-refractivity contribution in [3.8, 4) is 0 Å². The van der Waals surface area contributed by atoms with Crippen LogP contribution in [-0.2, 0) is 12.4 Å². The van der Waals surface area contributed by atoms with Crippen molar-refractivity contribution in [2.75, 3.05) is 5.32 Å². The van der Waals surface area contributed by atoms with Crippen molar-refractivity contribution in [2.24, 2.45) is 7.05 Å². The van der Waals surface area contributed by atoms with Gasteiger partial charge in [-0.1, -0.05) is 22.0 Å². The van der Waals surface area contributed by atoms with Gasteiger partial charge in [-0.15, -0.1) is 0 Å². The van der Waals surface area contributed by atoms with Gasteiger partial charge in [-0.25, -0.2) is 9.18 Å². The third kappa shape index (κ3) is 3.14. The van der Waals surface area contributed by atoms with Gasteiger partial charge < -0.3 is 15.0 Å². The molecule has 0 atom stereocenters. The molecule has 0 radical (unpaired) electrons. The van der Waals surface area contributed by atoms with Crippen LogP contribution in [0.3, 0.4) is 0 Å². The highest BCUT2D eigenvalue weighted by atomic mass is 79.9. The number of anilines is 2. The van der Waals surface area contributed by atoms with Crippen LogP contribution < -0.4 is 10.9 Å². The van der Waals surface area contributed by atoms with Crippen molar-refractivity contribution in [1.82, 2.24) is 4.57 Å². The van der Waals surface area contributed by atoms with Crippen molar-refractivity contribution in [2.45, 2.75) is 19.2 Å². The van der Waals surface area contributed by atoms with E-state index in [4.69, 9.17) is 0 Å². The maximum Gasteiger partial charge on any atom is 0.339 e. The van der Waals surface area contributed by atoms with Crippen molar-refractivity contribution in [3.05, 3.63) is 56.8 Å². The Kier molecular flexibility index (Phi) is 4.89. The van der Waals surface area contributed by atoms with Gasteiger partial charge in [0.2, 0.25) is 0 Å². The Hall–Kier alpha value is -2.15. The van der Waals surface area contributed by atoms with Gasteiger partial charge >= 0.3 is 5.97 Å². The molecule has 122 valence electrons. The molecule has 7 heteroatoms. The van der Waals surface area contributed by atoms with Gasteiger partial charge in [-0.2, -0.15) is 0 Å². The number of nitrogens with one attached hydrogen (secondary N) is 1. The van der Waals surface area contributed by atoms with Crippen LogP contribution in [-0.4, -0.2) is 15.6 Å². The molecule has 0 saturated carbocycles. The van der Waals surface area contributed by atoms with E-state index in [9.17, 15) is 19.1 Å². The number of hydrogen-bond acceptors (Lipinski definition) is 3. The van der Waals surface area contributed by atoms with Gasteiger partial charge in [0.1, 0.15) is 11.4 Å². The monoisotopic (exact) mass is 382 g/mol. The summed E-state index contributed by atoms with van der Waals surface area (Å²) in [6, 6.07) is 4.55. The molecule has 0 amide bonds. The summed E-state index contributed by atoms with van der Waals surface area (Å²) >= 11 is 3.20. The van der Waals surface area contributed by atoms with E-state index in [0.717, 1.165) is 5.56 Å². The van der Waals surface area contributed by atoms with Crippen LogP contribution in [0.1, 0.15) is 27.2 Å². The number of hydrogen-bond donors (Lipinski definition) is 2. The molecule has 5 nitrogen and oxygen atoms in total. The molecule has 0 bridgehead atoms. The third-order valence-electron chi connectivity index (χ3n) is 3.67. The summed E-state index contributed by atoms with van der Waals surface area (Å²) in [7, 11) is 1.51. The Bertz CT molecular complexity index is 846. The molecule has 2 aromatic rings. The molecule has 0 unspecified atom stereocenters. The second kappa shape index (κ2) is 6.54. The lowest BCUT2D eigenvalue weighted by molar-refractivity contribution is 0.0696. The number of nitrogens with zero attached hydrogens (tertiary/aromatic N) is 1. The molecule has 1 heterocycles. The number of carbonyl (C=O) groups is 1. The van der Waals surface area contributed by atoms with Crippen molar-refractivity contribution in [3.63, 3.8) is 0 Å². The van der Waals surface area contributed by atoms with E-state index in [-0.39, 0.29) is 33.4 Å². The Morgan fingerprint density at radius 2 is 2.04 bits per heavy atom. The Labute approximate surface area is 140 Å². The molecule has 0 aliphatic carbocycles. The quantitative estimate of drug-likeness (QED) is 0.794. The van der Waals surface area contributed by atoms with Gasteiger partial charge in [0.15, 0.2) is 0 Å². The minimum atomic E-state index is -1.19. The van der Waals surface area contributed by atoms with E-state index in [0.29, 0.717) is 5.69 Å².